The Balaban J connectivity index is 1.63. The van der Waals surface area contributed by atoms with Gasteiger partial charge in [0.2, 0.25) is 0 Å². The maximum Gasteiger partial charge on any atom is 0.329 e. The average molecular weight is 462 g/mol. The molecule has 4 heterocycles. The number of piperazine rings is 2. The van der Waals surface area contributed by atoms with Crippen molar-refractivity contribution in [2.24, 2.45) is 0 Å². The first-order valence-corrected chi connectivity index (χ1v) is 12.2. The molecule has 2 aliphatic heterocycles. The van der Waals surface area contributed by atoms with Gasteiger partial charge in [-0.25, -0.2) is 4.79 Å². The first kappa shape index (κ1) is 23.9. The van der Waals surface area contributed by atoms with Gasteiger partial charge in [-0.1, -0.05) is 13.3 Å². The molecule has 2 saturated heterocycles. The van der Waals surface area contributed by atoms with Crippen LogP contribution < -0.4 is 16.2 Å². The van der Waals surface area contributed by atoms with Crippen LogP contribution in [0.25, 0.3) is 11.2 Å². The van der Waals surface area contributed by atoms with Crippen molar-refractivity contribution in [3.8, 4) is 6.01 Å². The van der Waals surface area contributed by atoms with E-state index in [9.17, 15) is 4.79 Å². The molecule has 0 aliphatic carbocycles. The van der Waals surface area contributed by atoms with E-state index < -0.39 is 0 Å². The highest BCUT2D eigenvalue weighted by atomic mass is 16.5. The van der Waals surface area contributed by atoms with Gasteiger partial charge in [-0.2, -0.15) is 9.97 Å². The van der Waals surface area contributed by atoms with Crippen LogP contribution in [-0.2, 0) is 0 Å². The second kappa shape index (κ2) is 10.8. The number of ether oxygens (including phenoxy) is 1. The SMILES string of the molecule is CCCCOc1nc(N)c2[nH]c(=O)n(C(CCN3CCN(C)CC3)N3CCN(C)CC3)c2n1. The molecule has 3 N–H and O–H groups in total. The minimum absolute atomic E-state index is 0.0996. The first-order chi connectivity index (χ1) is 16.0. The fourth-order valence-electron chi connectivity index (χ4n) is 4.62. The van der Waals surface area contributed by atoms with E-state index >= 15 is 0 Å². The Bertz CT molecular complexity index is 959. The Kier molecular flexibility index (Phi) is 7.84. The highest BCUT2D eigenvalue weighted by Gasteiger charge is 2.29. The number of unbranched alkanes of at least 4 members (excludes halogenated alkanes) is 1. The molecule has 0 amide bonds. The zero-order valence-electron chi connectivity index (χ0n) is 20.3. The van der Waals surface area contributed by atoms with Gasteiger partial charge in [0, 0.05) is 58.9 Å². The van der Waals surface area contributed by atoms with E-state index in [1.807, 2.05) is 0 Å². The third-order valence-electron chi connectivity index (χ3n) is 6.86. The van der Waals surface area contributed by atoms with Crippen molar-refractivity contribution in [3.63, 3.8) is 0 Å². The topological polar surface area (TPSA) is 112 Å². The number of H-pyrrole nitrogens is 1. The molecule has 1 unspecified atom stereocenters. The molecule has 2 fully saturated rings. The number of aromatic nitrogens is 4. The average Bonchev–Trinajstić information content (AvgIpc) is 3.13. The standard InChI is InChI=1S/C22H39N9O2/c1-4-5-16-33-21-25-19(23)18-20(26-21)31(22(32)24-18)17(30-14-10-28(3)11-15-30)6-7-29-12-8-27(2)9-13-29/h17H,4-16H2,1-3H3,(H,24,32)(H2,23,25,26). The van der Waals surface area contributed by atoms with E-state index in [0.717, 1.165) is 78.2 Å². The lowest BCUT2D eigenvalue weighted by atomic mass is 10.2. The van der Waals surface area contributed by atoms with Crippen molar-refractivity contribution < 1.29 is 4.74 Å². The Morgan fingerprint density at radius 1 is 1.03 bits per heavy atom. The van der Waals surface area contributed by atoms with Gasteiger partial charge in [0.15, 0.2) is 11.5 Å². The van der Waals surface area contributed by atoms with Gasteiger partial charge in [0.1, 0.15) is 5.52 Å². The van der Waals surface area contributed by atoms with Crippen LogP contribution >= 0.6 is 0 Å². The summed E-state index contributed by atoms with van der Waals surface area (Å²) in [5.74, 6) is 0.249. The van der Waals surface area contributed by atoms with Crippen molar-refractivity contribution in [3.05, 3.63) is 10.5 Å². The molecule has 0 saturated carbocycles. The number of likely N-dealkylation sites (N-methyl/N-ethyl adjacent to an activating group) is 2. The maximum absolute atomic E-state index is 13.2. The minimum Gasteiger partial charge on any atom is -0.463 e. The van der Waals surface area contributed by atoms with E-state index in [1.165, 1.54) is 0 Å². The highest BCUT2D eigenvalue weighted by Crippen LogP contribution is 2.25. The van der Waals surface area contributed by atoms with Crippen molar-refractivity contribution in [1.29, 1.82) is 0 Å². The molecule has 11 heteroatoms. The number of imidazole rings is 1. The Labute approximate surface area is 195 Å². The molecule has 0 aromatic carbocycles. The molecular formula is C22H39N9O2. The van der Waals surface area contributed by atoms with E-state index in [-0.39, 0.29) is 23.7 Å². The molecule has 0 radical (unpaired) electrons. The fourth-order valence-corrected chi connectivity index (χ4v) is 4.62. The van der Waals surface area contributed by atoms with Crippen LogP contribution in [0.3, 0.4) is 0 Å². The Hall–Kier alpha value is -2.21. The second-order valence-electron chi connectivity index (χ2n) is 9.35. The lowest BCUT2D eigenvalue weighted by Crippen LogP contribution is -2.50. The van der Waals surface area contributed by atoms with Gasteiger partial charge in [-0.3, -0.25) is 9.47 Å². The van der Waals surface area contributed by atoms with Crippen molar-refractivity contribution in [2.45, 2.75) is 32.4 Å². The van der Waals surface area contributed by atoms with E-state index in [0.29, 0.717) is 17.8 Å². The molecule has 4 rings (SSSR count). The fraction of sp³-hybridized carbons (Fsp3) is 0.773. The van der Waals surface area contributed by atoms with Crippen LogP contribution in [0.4, 0.5) is 5.82 Å². The van der Waals surface area contributed by atoms with Crippen LogP contribution in [-0.4, -0.2) is 119 Å². The molecule has 33 heavy (non-hydrogen) atoms. The van der Waals surface area contributed by atoms with Crippen LogP contribution in [0.5, 0.6) is 6.01 Å². The normalized spacial score (nSPS) is 20.5. The third-order valence-corrected chi connectivity index (χ3v) is 6.86. The lowest BCUT2D eigenvalue weighted by Gasteiger charge is -2.39. The van der Waals surface area contributed by atoms with E-state index in [2.05, 4.69) is 55.6 Å². The molecule has 1 atom stereocenters. The number of anilines is 1. The van der Waals surface area contributed by atoms with Gasteiger partial charge in [-0.15, -0.1) is 0 Å². The molecule has 11 nitrogen and oxygen atoms in total. The number of aromatic amines is 1. The Morgan fingerprint density at radius 3 is 2.36 bits per heavy atom. The summed E-state index contributed by atoms with van der Waals surface area (Å²) in [5, 5.41) is 0. The first-order valence-electron chi connectivity index (χ1n) is 12.2. The van der Waals surface area contributed by atoms with Crippen molar-refractivity contribution >= 4 is 17.0 Å². The molecule has 184 valence electrons. The van der Waals surface area contributed by atoms with Crippen LogP contribution in [0.2, 0.25) is 0 Å². The van der Waals surface area contributed by atoms with E-state index in [4.69, 9.17) is 10.5 Å². The number of hydrogen-bond acceptors (Lipinski definition) is 9. The molecule has 2 aliphatic rings. The number of hydrogen-bond donors (Lipinski definition) is 2. The third kappa shape index (κ3) is 5.65. The smallest absolute Gasteiger partial charge is 0.329 e. The molecule has 0 spiro atoms. The van der Waals surface area contributed by atoms with Gasteiger partial charge in [-0.05, 0) is 26.9 Å². The number of fused-ring (bicyclic) bond motifs is 1. The summed E-state index contributed by atoms with van der Waals surface area (Å²) in [6, 6.07) is 0.234. The van der Waals surface area contributed by atoms with Crippen LogP contribution in [0.15, 0.2) is 4.79 Å². The maximum atomic E-state index is 13.2. The monoisotopic (exact) mass is 461 g/mol. The van der Waals surface area contributed by atoms with Gasteiger partial charge >= 0.3 is 11.7 Å². The Morgan fingerprint density at radius 2 is 1.70 bits per heavy atom. The number of rotatable bonds is 9. The van der Waals surface area contributed by atoms with Crippen LogP contribution in [0.1, 0.15) is 32.4 Å². The largest absolute Gasteiger partial charge is 0.463 e. The predicted molar refractivity (Wildman–Crippen MR) is 130 cm³/mol. The van der Waals surface area contributed by atoms with Crippen LogP contribution in [0, 0.1) is 0 Å². The zero-order valence-corrected chi connectivity index (χ0v) is 20.3. The number of nitrogen functional groups attached to an aromatic ring is 1. The minimum atomic E-state index is -0.195. The van der Waals surface area contributed by atoms with Gasteiger partial charge in [0.05, 0.1) is 12.8 Å². The molecule has 2 aromatic heterocycles. The summed E-state index contributed by atoms with van der Waals surface area (Å²) in [5.41, 5.74) is 7.02. The molecule has 2 aromatic rings. The van der Waals surface area contributed by atoms with Gasteiger partial charge < -0.3 is 30.2 Å². The lowest BCUT2D eigenvalue weighted by molar-refractivity contribution is 0.0579. The highest BCUT2D eigenvalue weighted by molar-refractivity contribution is 5.82. The number of nitrogens with two attached hydrogens (primary N) is 1. The molecule has 0 bridgehead atoms. The summed E-state index contributed by atoms with van der Waals surface area (Å²) in [6.45, 7) is 11.6. The summed E-state index contributed by atoms with van der Waals surface area (Å²) in [4.78, 5) is 34.6. The number of nitrogens with zero attached hydrogens (tertiary/aromatic N) is 7. The molecular weight excluding hydrogens is 422 g/mol. The summed E-state index contributed by atoms with van der Waals surface area (Å²) < 4.78 is 7.52. The van der Waals surface area contributed by atoms with E-state index in [1.54, 1.807) is 4.57 Å². The summed E-state index contributed by atoms with van der Waals surface area (Å²) in [6.07, 6.45) is 2.67. The quantitative estimate of drug-likeness (QED) is 0.508. The summed E-state index contributed by atoms with van der Waals surface area (Å²) >= 11 is 0. The summed E-state index contributed by atoms with van der Waals surface area (Å²) in [7, 11) is 4.31. The van der Waals surface area contributed by atoms with Crippen molar-refractivity contribution in [2.75, 3.05) is 85.3 Å². The zero-order chi connectivity index (χ0) is 23.4. The second-order valence-corrected chi connectivity index (χ2v) is 9.35. The van der Waals surface area contributed by atoms with Gasteiger partial charge in [0.25, 0.3) is 0 Å². The van der Waals surface area contributed by atoms with Crippen molar-refractivity contribution in [1.82, 2.24) is 39.1 Å². The number of nitrogens with one attached hydrogen (secondary N) is 1. The predicted octanol–water partition coefficient (Wildman–Crippen LogP) is 0.264.